The first-order chi connectivity index (χ1) is 7.74. The summed E-state index contributed by atoms with van der Waals surface area (Å²) in [5.41, 5.74) is 1.57. The van der Waals surface area contributed by atoms with Gasteiger partial charge in [0.2, 0.25) is 0 Å². The highest BCUT2D eigenvalue weighted by Crippen LogP contribution is 2.28. The van der Waals surface area contributed by atoms with Crippen LogP contribution in [0.2, 0.25) is 0 Å². The second-order valence-electron chi connectivity index (χ2n) is 3.03. The van der Waals surface area contributed by atoms with Crippen molar-refractivity contribution in [3.63, 3.8) is 0 Å². The molecule has 0 unspecified atom stereocenters. The van der Waals surface area contributed by atoms with Crippen molar-refractivity contribution in [3.05, 3.63) is 29.3 Å². The molecule has 0 aromatic heterocycles. The van der Waals surface area contributed by atoms with E-state index in [2.05, 4.69) is 22.0 Å². The van der Waals surface area contributed by atoms with E-state index < -0.39 is 0 Å². The molecule has 0 N–H and O–H groups in total. The van der Waals surface area contributed by atoms with Gasteiger partial charge in [-0.25, -0.2) is 0 Å². The van der Waals surface area contributed by atoms with Crippen molar-refractivity contribution in [1.29, 1.82) is 5.26 Å². The van der Waals surface area contributed by atoms with Crippen molar-refractivity contribution >= 4 is 22.0 Å². The van der Waals surface area contributed by atoms with E-state index in [0.717, 1.165) is 5.56 Å². The van der Waals surface area contributed by atoms with Crippen LogP contribution in [0.25, 0.3) is 6.08 Å². The number of hydrogen-bond acceptors (Lipinski definition) is 3. The van der Waals surface area contributed by atoms with Gasteiger partial charge in [-0.15, -0.1) is 0 Å². The topological polar surface area (TPSA) is 42.2 Å². The molecule has 0 bridgehead atoms. The molecule has 0 saturated heterocycles. The van der Waals surface area contributed by atoms with Crippen LogP contribution in [-0.2, 0) is 0 Å². The molecule has 0 aliphatic rings. The summed E-state index contributed by atoms with van der Waals surface area (Å²) in [5.74, 6) is 1.33. The molecule has 1 aromatic rings. The molecule has 0 atom stereocenters. The minimum absolute atomic E-state index is 0.540. The Morgan fingerprint density at radius 2 is 2.06 bits per heavy atom. The molecule has 0 amide bonds. The van der Waals surface area contributed by atoms with Gasteiger partial charge in [-0.1, -0.05) is 22.0 Å². The molecular formula is C12H12BrNO2. The minimum Gasteiger partial charge on any atom is -0.493 e. The summed E-state index contributed by atoms with van der Waals surface area (Å²) in [6.07, 6.45) is 1.80. The van der Waals surface area contributed by atoms with Gasteiger partial charge in [-0.3, -0.25) is 0 Å². The number of nitriles is 1. The van der Waals surface area contributed by atoms with Crippen LogP contribution in [-0.4, -0.2) is 19.5 Å². The number of benzene rings is 1. The molecular weight excluding hydrogens is 270 g/mol. The molecule has 84 valence electrons. The van der Waals surface area contributed by atoms with Gasteiger partial charge in [-0.05, 0) is 23.8 Å². The maximum absolute atomic E-state index is 8.81. The maximum atomic E-state index is 8.81. The van der Waals surface area contributed by atoms with Gasteiger partial charge in [0.15, 0.2) is 11.5 Å². The molecule has 0 radical (unpaired) electrons. The molecule has 1 aromatic carbocycles. The Hall–Kier alpha value is -1.47. The Kier molecular flexibility index (Phi) is 4.87. The van der Waals surface area contributed by atoms with Gasteiger partial charge >= 0.3 is 0 Å². The summed E-state index contributed by atoms with van der Waals surface area (Å²) in [7, 11) is 3.17. The average Bonchev–Trinajstić information content (AvgIpc) is 2.35. The third kappa shape index (κ3) is 3.01. The fourth-order valence-electron chi connectivity index (χ4n) is 1.24. The van der Waals surface area contributed by atoms with Crippen molar-refractivity contribution in [3.8, 4) is 17.6 Å². The van der Waals surface area contributed by atoms with Crippen molar-refractivity contribution < 1.29 is 9.47 Å². The molecule has 4 heteroatoms. The highest BCUT2D eigenvalue weighted by atomic mass is 79.9. The van der Waals surface area contributed by atoms with E-state index in [1.54, 1.807) is 20.3 Å². The Balaban J connectivity index is 3.09. The van der Waals surface area contributed by atoms with E-state index in [4.69, 9.17) is 14.7 Å². The van der Waals surface area contributed by atoms with Gasteiger partial charge < -0.3 is 9.47 Å². The first kappa shape index (κ1) is 12.6. The molecule has 3 nitrogen and oxygen atoms in total. The van der Waals surface area contributed by atoms with Crippen LogP contribution in [0.5, 0.6) is 11.5 Å². The van der Waals surface area contributed by atoms with Gasteiger partial charge in [0, 0.05) is 10.9 Å². The first-order valence-electron chi connectivity index (χ1n) is 4.63. The normalized spacial score (nSPS) is 10.8. The quantitative estimate of drug-likeness (QED) is 0.629. The largest absolute Gasteiger partial charge is 0.493 e. The molecule has 16 heavy (non-hydrogen) atoms. The molecule has 1 rings (SSSR count). The fourth-order valence-corrected chi connectivity index (χ4v) is 1.53. The van der Waals surface area contributed by atoms with E-state index in [1.807, 2.05) is 18.2 Å². The van der Waals surface area contributed by atoms with Crippen LogP contribution < -0.4 is 9.47 Å². The summed E-state index contributed by atoms with van der Waals surface area (Å²) in [5, 5.41) is 9.35. The second kappa shape index (κ2) is 6.19. The van der Waals surface area contributed by atoms with Crippen molar-refractivity contribution in [2.75, 3.05) is 19.5 Å². The monoisotopic (exact) mass is 281 g/mol. The lowest BCUT2D eigenvalue weighted by atomic mass is 10.1. The summed E-state index contributed by atoms with van der Waals surface area (Å²) in [6, 6.07) is 7.63. The minimum atomic E-state index is 0.540. The third-order valence-electron chi connectivity index (χ3n) is 2.04. The maximum Gasteiger partial charge on any atom is 0.161 e. The predicted molar refractivity (Wildman–Crippen MR) is 66.9 cm³/mol. The highest BCUT2D eigenvalue weighted by molar-refractivity contribution is 9.09. The Bertz CT molecular complexity index is 435. The summed E-state index contributed by atoms with van der Waals surface area (Å²) < 4.78 is 10.3. The lowest BCUT2D eigenvalue weighted by molar-refractivity contribution is 0.355. The van der Waals surface area contributed by atoms with Crippen LogP contribution >= 0.6 is 15.9 Å². The second-order valence-corrected chi connectivity index (χ2v) is 3.59. The standard InChI is InChI=1S/C12H12BrNO2/c1-15-11-4-3-9(6-12(11)16-2)5-10(7-13)8-14/h3-6H,7H2,1-2H3/b10-5-. The smallest absolute Gasteiger partial charge is 0.161 e. The molecule has 0 spiro atoms. The number of halogens is 1. The zero-order valence-corrected chi connectivity index (χ0v) is 10.7. The number of methoxy groups -OCH3 is 2. The Morgan fingerprint density at radius 3 is 2.56 bits per heavy atom. The summed E-state index contributed by atoms with van der Waals surface area (Å²) >= 11 is 3.25. The van der Waals surface area contributed by atoms with Crippen LogP contribution in [0.15, 0.2) is 23.8 Å². The van der Waals surface area contributed by atoms with Gasteiger partial charge in [-0.2, -0.15) is 5.26 Å². The number of rotatable bonds is 4. The van der Waals surface area contributed by atoms with Gasteiger partial charge in [0.1, 0.15) is 0 Å². The van der Waals surface area contributed by atoms with Crippen molar-refractivity contribution in [2.45, 2.75) is 0 Å². The van der Waals surface area contributed by atoms with Gasteiger partial charge in [0.05, 0.1) is 20.3 Å². The number of ether oxygens (including phenoxy) is 2. The summed E-state index contributed by atoms with van der Waals surface area (Å²) in [6.45, 7) is 0. The van der Waals surface area contributed by atoms with E-state index in [0.29, 0.717) is 22.4 Å². The van der Waals surface area contributed by atoms with E-state index >= 15 is 0 Å². The zero-order valence-electron chi connectivity index (χ0n) is 9.16. The van der Waals surface area contributed by atoms with Crippen molar-refractivity contribution in [2.24, 2.45) is 0 Å². The zero-order chi connectivity index (χ0) is 12.0. The Morgan fingerprint density at radius 1 is 1.38 bits per heavy atom. The average molecular weight is 282 g/mol. The number of nitrogens with zero attached hydrogens (tertiary/aromatic N) is 1. The number of alkyl halides is 1. The highest BCUT2D eigenvalue weighted by Gasteiger charge is 2.03. The van der Waals surface area contributed by atoms with E-state index in [-0.39, 0.29) is 0 Å². The first-order valence-corrected chi connectivity index (χ1v) is 5.76. The van der Waals surface area contributed by atoms with Crippen LogP contribution in [0, 0.1) is 11.3 Å². The van der Waals surface area contributed by atoms with E-state index in [9.17, 15) is 0 Å². The molecule has 0 saturated carbocycles. The molecule has 0 aliphatic carbocycles. The summed E-state index contributed by atoms with van der Waals surface area (Å²) in [4.78, 5) is 0. The number of allylic oxidation sites excluding steroid dienone is 1. The predicted octanol–water partition coefficient (Wildman–Crippen LogP) is 3.01. The Labute approximate surface area is 103 Å². The van der Waals surface area contributed by atoms with E-state index in [1.165, 1.54) is 0 Å². The lowest BCUT2D eigenvalue weighted by Crippen LogP contribution is -1.91. The third-order valence-corrected chi connectivity index (χ3v) is 2.64. The molecule has 0 aliphatic heterocycles. The van der Waals surface area contributed by atoms with Gasteiger partial charge in [0.25, 0.3) is 0 Å². The lowest BCUT2D eigenvalue weighted by Gasteiger charge is -2.07. The molecule has 0 heterocycles. The fraction of sp³-hybridized carbons (Fsp3) is 0.250. The number of hydrogen-bond donors (Lipinski definition) is 0. The van der Waals surface area contributed by atoms with Crippen molar-refractivity contribution in [1.82, 2.24) is 0 Å². The molecule has 0 fully saturated rings. The van der Waals surface area contributed by atoms with Crippen LogP contribution in [0.1, 0.15) is 5.56 Å². The SMILES string of the molecule is COc1ccc(/C=C(\C#N)CBr)cc1OC. The van der Waals surface area contributed by atoms with Crippen LogP contribution in [0.3, 0.4) is 0 Å². The van der Waals surface area contributed by atoms with Crippen LogP contribution in [0.4, 0.5) is 0 Å².